The van der Waals surface area contributed by atoms with Crippen LogP contribution in [0.5, 0.6) is 0 Å². The molecule has 2 aromatic heterocycles. The van der Waals surface area contributed by atoms with Crippen molar-refractivity contribution >= 4 is 51.7 Å². The monoisotopic (exact) mass is 535 g/mol. The van der Waals surface area contributed by atoms with Crippen molar-refractivity contribution in [3.05, 3.63) is 34.0 Å². The Bertz CT molecular complexity index is 1320. The minimum absolute atomic E-state index is 0.0733. The molecule has 0 bridgehead atoms. The molecule has 190 valence electrons. The number of amides is 2. The van der Waals surface area contributed by atoms with Crippen molar-refractivity contribution in [2.45, 2.75) is 38.0 Å². The number of β-lactam (4-membered cyclic amide) rings is 1. The van der Waals surface area contributed by atoms with Gasteiger partial charge >= 0.3 is 5.97 Å². The molecule has 0 unspecified atom stereocenters. The van der Waals surface area contributed by atoms with Gasteiger partial charge in [0.25, 0.3) is 23.5 Å². The van der Waals surface area contributed by atoms with E-state index in [1.807, 2.05) is 16.2 Å². The summed E-state index contributed by atoms with van der Waals surface area (Å²) >= 11 is 2.51. The fourth-order valence-electron chi connectivity index (χ4n) is 4.36. The van der Waals surface area contributed by atoms with Gasteiger partial charge in [-0.1, -0.05) is 5.16 Å². The fourth-order valence-corrected chi connectivity index (χ4v) is 6.24. The summed E-state index contributed by atoms with van der Waals surface area (Å²) in [7, 11) is 1.28. The van der Waals surface area contributed by atoms with Crippen molar-refractivity contribution in [1.29, 1.82) is 0 Å². The minimum atomic E-state index is -1.21. The fraction of sp³-hybridized carbons (Fsp3) is 0.450. The number of nitrogen functional groups attached to an aromatic ring is 1. The number of hydrogen-bond donors (Lipinski definition) is 3. The van der Waals surface area contributed by atoms with Crippen molar-refractivity contribution in [3.8, 4) is 0 Å². The predicted molar refractivity (Wildman–Crippen MR) is 127 cm³/mol. The zero-order valence-corrected chi connectivity index (χ0v) is 21.0. The van der Waals surface area contributed by atoms with Gasteiger partial charge in [0.05, 0.1) is 13.2 Å². The number of thiazole rings is 1. The highest BCUT2D eigenvalue weighted by Crippen LogP contribution is 2.40. The summed E-state index contributed by atoms with van der Waals surface area (Å²) in [6.07, 6.45) is 0. The first kappa shape index (κ1) is 24.2. The Morgan fingerprint density at radius 2 is 2.28 bits per heavy atom. The van der Waals surface area contributed by atoms with E-state index in [0.29, 0.717) is 31.1 Å². The number of carboxylic acids is 1. The number of carbonyl (C=O) groups is 3. The molecule has 0 saturated carbocycles. The van der Waals surface area contributed by atoms with Crippen LogP contribution in [0, 0.1) is 6.92 Å². The maximum Gasteiger partial charge on any atom is 0.352 e. The van der Waals surface area contributed by atoms with Gasteiger partial charge in [-0.2, -0.15) is 0 Å². The summed E-state index contributed by atoms with van der Waals surface area (Å²) in [5.41, 5.74) is 6.24. The average molecular weight is 536 g/mol. The first-order chi connectivity index (χ1) is 17.3. The van der Waals surface area contributed by atoms with Gasteiger partial charge < -0.3 is 25.7 Å². The molecule has 2 aromatic rings. The van der Waals surface area contributed by atoms with E-state index < -0.39 is 29.2 Å². The highest BCUT2D eigenvalue weighted by atomic mass is 32.2. The average Bonchev–Trinajstić information content (AvgIpc) is 3.42. The third kappa shape index (κ3) is 4.10. The number of thioether (sulfide) groups is 1. The Balaban J connectivity index is 1.37. The number of carbonyl (C=O) groups excluding carboxylic acids is 2. The first-order valence-electron chi connectivity index (χ1n) is 10.9. The van der Waals surface area contributed by atoms with Crippen LogP contribution >= 0.6 is 23.1 Å². The molecule has 5 heterocycles. The summed E-state index contributed by atoms with van der Waals surface area (Å²) in [6, 6.07) is -0.928. The Morgan fingerprint density at radius 1 is 1.47 bits per heavy atom. The Labute approximate surface area is 212 Å². The van der Waals surface area contributed by atoms with Gasteiger partial charge in [-0.15, -0.1) is 27.8 Å². The van der Waals surface area contributed by atoms with E-state index in [0.717, 1.165) is 23.0 Å². The summed E-state index contributed by atoms with van der Waals surface area (Å²) in [5, 5.41) is 22.1. The smallest absolute Gasteiger partial charge is 0.352 e. The second-order valence-corrected chi connectivity index (χ2v) is 10.1. The van der Waals surface area contributed by atoms with Crippen molar-refractivity contribution < 1.29 is 33.6 Å². The lowest BCUT2D eigenvalue weighted by Crippen LogP contribution is -2.71. The van der Waals surface area contributed by atoms with Crippen LogP contribution in [0.4, 0.5) is 5.13 Å². The molecule has 0 radical (unpaired) electrons. The lowest BCUT2D eigenvalue weighted by molar-refractivity contribution is -0.705. The number of fused-ring (bicyclic) bond motifs is 2. The number of anilines is 1. The van der Waals surface area contributed by atoms with Crippen molar-refractivity contribution in [2.75, 3.05) is 25.2 Å². The van der Waals surface area contributed by atoms with Crippen molar-refractivity contribution in [3.63, 3.8) is 0 Å². The van der Waals surface area contributed by atoms with Crippen LogP contribution in [-0.4, -0.2) is 79.2 Å². The molecule has 0 aromatic carbocycles. The highest BCUT2D eigenvalue weighted by molar-refractivity contribution is 8.00. The van der Waals surface area contributed by atoms with E-state index in [9.17, 15) is 19.5 Å². The molecule has 3 aliphatic rings. The van der Waals surface area contributed by atoms with Crippen LogP contribution in [0.2, 0.25) is 0 Å². The Kier molecular flexibility index (Phi) is 6.40. The molecule has 16 heteroatoms. The lowest BCUT2D eigenvalue weighted by Gasteiger charge is -2.49. The largest absolute Gasteiger partial charge is 0.477 e. The third-order valence-corrected chi connectivity index (χ3v) is 8.01. The molecule has 1 fully saturated rings. The maximum absolute atomic E-state index is 13.1. The van der Waals surface area contributed by atoms with Gasteiger partial charge in [-0.3, -0.25) is 14.5 Å². The number of rotatable bonds is 7. The summed E-state index contributed by atoms with van der Waals surface area (Å²) in [5.74, 6) is -0.466. The molecule has 0 aliphatic carbocycles. The standard InChI is InChI=1S/C20H22N8O6S2/c1-9-24-27-3-4-34-6-12(27)26(9)5-10-7-35-18-14(17(30)28(18)15(10)19(31)32)23-16(29)13(25-33-2)11-8-36-20(21)22-11/h8,14,18H,3-7H2,1-2H3,(H3-,21,22,23,29,31,32)/p+1/b25-13-/t14-,18-/m1/s1. The van der Waals surface area contributed by atoms with Gasteiger partial charge in [0, 0.05) is 28.7 Å². The number of aliphatic carboxylic acids is 1. The molecule has 1 saturated heterocycles. The third-order valence-electron chi connectivity index (χ3n) is 5.99. The molecule has 2 amide bonds. The SMILES string of the molecule is CO/N=C(\C(=O)N[C@@H]1C(=O)N2C(C(=O)O)=C(C[n+]3c(C)nn4c3COCC4)CS[C@H]12)c1csc(N)n1. The second-order valence-electron chi connectivity index (χ2n) is 8.14. The van der Waals surface area contributed by atoms with Crippen molar-refractivity contribution in [1.82, 2.24) is 25.0 Å². The summed E-state index contributed by atoms with van der Waals surface area (Å²) in [4.78, 5) is 48.3. The highest BCUT2D eigenvalue weighted by Gasteiger charge is 2.54. The number of nitrogens with zero attached hydrogens (tertiary/aromatic N) is 6. The first-order valence-corrected chi connectivity index (χ1v) is 12.8. The van der Waals surface area contributed by atoms with Crippen LogP contribution in [0.3, 0.4) is 0 Å². The zero-order chi connectivity index (χ0) is 25.6. The number of nitrogens with one attached hydrogen (secondary N) is 1. The zero-order valence-electron chi connectivity index (χ0n) is 19.3. The van der Waals surface area contributed by atoms with Crippen LogP contribution in [0.25, 0.3) is 0 Å². The number of carboxylic acid groups (broad SMARTS) is 1. The minimum Gasteiger partial charge on any atom is -0.477 e. The van der Waals surface area contributed by atoms with E-state index in [1.54, 1.807) is 5.38 Å². The lowest BCUT2D eigenvalue weighted by atomic mass is 10.0. The molecular formula is C20H23N8O6S2+. The van der Waals surface area contributed by atoms with Crippen LogP contribution in [0.1, 0.15) is 17.3 Å². The number of ether oxygens (including phenoxy) is 1. The number of hydrogen-bond acceptors (Lipinski definition) is 11. The molecule has 0 spiro atoms. The molecule has 36 heavy (non-hydrogen) atoms. The van der Waals surface area contributed by atoms with Gasteiger partial charge in [0.15, 0.2) is 10.8 Å². The van der Waals surface area contributed by atoms with Crippen LogP contribution in [0.15, 0.2) is 21.8 Å². The van der Waals surface area contributed by atoms with E-state index in [1.165, 1.54) is 23.8 Å². The molecule has 3 aliphatic heterocycles. The van der Waals surface area contributed by atoms with E-state index >= 15 is 0 Å². The Morgan fingerprint density at radius 3 is 2.97 bits per heavy atom. The number of nitrogens with two attached hydrogens (primary N) is 1. The van der Waals surface area contributed by atoms with E-state index in [2.05, 4.69) is 20.6 Å². The molecular weight excluding hydrogens is 512 g/mol. The maximum atomic E-state index is 13.1. The van der Waals surface area contributed by atoms with Gasteiger partial charge in [0.1, 0.15) is 43.1 Å². The molecule has 4 N–H and O–H groups in total. The van der Waals surface area contributed by atoms with Gasteiger partial charge in [-0.05, 0) is 0 Å². The van der Waals surface area contributed by atoms with Crippen molar-refractivity contribution in [2.24, 2.45) is 5.16 Å². The van der Waals surface area contributed by atoms with Gasteiger partial charge in [-0.25, -0.2) is 14.3 Å². The topological polar surface area (TPSA) is 178 Å². The Hall–Kier alpha value is -3.50. The number of aryl methyl sites for hydroxylation is 1. The van der Waals surface area contributed by atoms with Crippen LogP contribution in [-0.2, 0) is 43.7 Å². The number of aromatic nitrogens is 4. The summed E-state index contributed by atoms with van der Waals surface area (Å²) < 4.78 is 9.31. The molecule has 5 rings (SSSR count). The second kappa shape index (κ2) is 9.51. The van der Waals surface area contributed by atoms with E-state index in [-0.39, 0.29) is 28.8 Å². The van der Waals surface area contributed by atoms with Crippen LogP contribution < -0.4 is 15.6 Å². The summed E-state index contributed by atoms with van der Waals surface area (Å²) in [6.45, 7) is 3.68. The van der Waals surface area contributed by atoms with E-state index in [4.69, 9.17) is 15.3 Å². The predicted octanol–water partition coefficient (Wildman–Crippen LogP) is -1.16. The van der Waals surface area contributed by atoms with Gasteiger partial charge in [0.2, 0.25) is 0 Å². The molecule has 14 nitrogen and oxygen atoms in total. The normalized spacial score (nSPS) is 21.6. The molecule has 2 atom stereocenters. The number of oxime groups is 1. The quantitative estimate of drug-likeness (QED) is 0.169.